The van der Waals surface area contributed by atoms with Crippen LogP contribution in [0.1, 0.15) is 28.5 Å². The predicted octanol–water partition coefficient (Wildman–Crippen LogP) is 4.30. The van der Waals surface area contributed by atoms with E-state index < -0.39 is 17.8 Å². The zero-order chi connectivity index (χ0) is 17.7. The minimum absolute atomic E-state index is 0.0161. The number of nitrogens with zero attached hydrogens (tertiary/aromatic N) is 2. The highest BCUT2D eigenvalue weighted by molar-refractivity contribution is 7.99. The lowest BCUT2D eigenvalue weighted by Gasteiger charge is -2.09. The van der Waals surface area contributed by atoms with E-state index >= 15 is 0 Å². The molecule has 2 rings (SSSR count). The van der Waals surface area contributed by atoms with Crippen molar-refractivity contribution in [3.05, 3.63) is 53.2 Å². The summed E-state index contributed by atoms with van der Waals surface area (Å²) in [6, 6.07) is 9.90. The molecule has 24 heavy (non-hydrogen) atoms. The minimum Gasteiger partial charge on any atom is -0.462 e. The second kappa shape index (κ2) is 7.36. The highest BCUT2D eigenvalue weighted by Gasteiger charge is 2.33. The first-order valence-electron chi connectivity index (χ1n) is 6.78. The van der Waals surface area contributed by atoms with Crippen LogP contribution in [0.4, 0.5) is 13.2 Å². The average Bonchev–Trinajstić information content (AvgIpc) is 2.54. The molecule has 0 bridgehead atoms. The van der Waals surface area contributed by atoms with E-state index in [4.69, 9.17) is 10.00 Å². The lowest BCUT2D eigenvalue weighted by molar-refractivity contribution is -0.141. The standard InChI is InChI=1S/C16H11F3N2O2S/c1-2-23-15(22)11-4-3-5-12(8-11)24-14-7-10(9-20)6-13(21-14)16(17,18)19/h3-8H,2H2,1H3. The molecule has 2 aromatic rings. The van der Waals surface area contributed by atoms with Crippen LogP contribution < -0.4 is 0 Å². The molecule has 0 atom stereocenters. The Hall–Kier alpha value is -2.53. The molecule has 1 aromatic carbocycles. The molecule has 0 saturated carbocycles. The van der Waals surface area contributed by atoms with Gasteiger partial charge in [-0.2, -0.15) is 18.4 Å². The SMILES string of the molecule is CCOC(=O)c1cccc(Sc2cc(C#N)cc(C(F)(F)F)n2)c1. The highest BCUT2D eigenvalue weighted by atomic mass is 32.2. The maximum absolute atomic E-state index is 12.8. The summed E-state index contributed by atoms with van der Waals surface area (Å²) in [5.74, 6) is -0.519. The summed E-state index contributed by atoms with van der Waals surface area (Å²) in [6.07, 6.45) is -4.64. The van der Waals surface area contributed by atoms with Crippen molar-refractivity contribution in [2.75, 3.05) is 6.61 Å². The summed E-state index contributed by atoms with van der Waals surface area (Å²) in [7, 11) is 0. The molecule has 0 amide bonds. The topological polar surface area (TPSA) is 63.0 Å². The Morgan fingerprint density at radius 2 is 2.08 bits per heavy atom. The van der Waals surface area contributed by atoms with E-state index in [0.717, 1.165) is 11.8 Å². The Balaban J connectivity index is 2.33. The number of aromatic nitrogens is 1. The van der Waals surface area contributed by atoms with Gasteiger partial charge < -0.3 is 4.74 Å². The molecule has 0 aliphatic rings. The number of carbonyl (C=O) groups is 1. The van der Waals surface area contributed by atoms with E-state index in [2.05, 4.69) is 4.98 Å². The zero-order valence-electron chi connectivity index (χ0n) is 12.4. The van der Waals surface area contributed by atoms with Gasteiger partial charge in [0.25, 0.3) is 0 Å². The summed E-state index contributed by atoms with van der Waals surface area (Å²) in [5.41, 5.74) is -0.985. The quantitative estimate of drug-likeness (QED) is 0.768. The first-order valence-corrected chi connectivity index (χ1v) is 7.59. The number of nitriles is 1. The smallest absolute Gasteiger partial charge is 0.433 e. The molecule has 1 aromatic heterocycles. The maximum Gasteiger partial charge on any atom is 0.433 e. The summed E-state index contributed by atoms with van der Waals surface area (Å²) < 4.78 is 43.4. The Kier molecular flexibility index (Phi) is 5.46. The molecule has 8 heteroatoms. The first-order chi connectivity index (χ1) is 11.3. The number of halogens is 3. The number of rotatable bonds is 4. The van der Waals surface area contributed by atoms with Gasteiger partial charge in [0, 0.05) is 4.90 Å². The van der Waals surface area contributed by atoms with Crippen LogP contribution >= 0.6 is 11.8 Å². The van der Waals surface area contributed by atoms with Crippen LogP contribution in [0.15, 0.2) is 46.3 Å². The van der Waals surface area contributed by atoms with Crippen molar-refractivity contribution in [2.45, 2.75) is 23.0 Å². The van der Waals surface area contributed by atoms with Crippen molar-refractivity contribution in [1.29, 1.82) is 5.26 Å². The Labute approximate surface area is 140 Å². The third-order valence-corrected chi connectivity index (χ3v) is 3.70. The van der Waals surface area contributed by atoms with E-state index in [1.54, 1.807) is 31.2 Å². The Morgan fingerprint density at radius 1 is 1.33 bits per heavy atom. The van der Waals surface area contributed by atoms with Gasteiger partial charge in [-0.15, -0.1) is 0 Å². The van der Waals surface area contributed by atoms with Crippen molar-refractivity contribution in [2.24, 2.45) is 0 Å². The van der Waals surface area contributed by atoms with Gasteiger partial charge in [-0.25, -0.2) is 9.78 Å². The summed E-state index contributed by atoms with van der Waals surface area (Å²) in [5, 5.41) is 8.89. The zero-order valence-corrected chi connectivity index (χ0v) is 13.2. The molecular formula is C16H11F3N2O2S. The number of ether oxygens (including phenoxy) is 1. The van der Waals surface area contributed by atoms with E-state index in [1.165, 1.54) is 12.1 Å². The fourth-order valence-corrected chi connectivity index (χ4v) is 2.69. The summed E-state index contributed by atoms with van der Waals surface area (Å²) in [4.78, 5) is 15.7. The van der Waals surface area contributed by atoms with E-state index in [9.17, 15) is 18.0 Å². The van der Waals surface area contributed by atoms with Gasteiger partial charge >= 0.3 is 12.1 Å². The largest absolute Gasteiger partial charge is 0.462 e. The van der Waals surface area contributed by atoms with Gasteiger partial charge in [0.15, 0.2) is 0 Å². The van der Waals surface area contributed by atoms with Gasteiger partial charge in [-0.3, -0.25) is 0 Å². The first kappa shape index (κ1) is 17.8. The van der Waals surface area contributed by atoms with Gasteiger partial charge in [-0.1, -0.05) is 17.8 Å². The van der Waals surface area contributed by atoms with Crippen molar-refractivity contribution >= 4 is 17.7 Å². The van der Waals surface area contributed by atoms with Crippen molar-refractivity contribution in [3.63, 3.8) is 0 Å². The highest BCUT2D eigenvalue weighted by Crippen LogP contribution is 2.33. The lowest BCUT2D eigenvalue weighted by atomic mass is 10.2. The molecule has 0 aliphatic heterocycles. The van der Waals surface area contributed by atoms with Crippen LogP contribution in [-0.2, 0) is 10.9 Å². The van der Waals surface area contributed by atoms with Crippen LogP contribution in [0.25, 0.3) is 0 Å². The average molecular weight is 352 g/mol. The van der Waals surface area contributed by atoms with Crippen molar-refractivity contribution in [1.82, 2.24) is 4.98 Å². The second-order valence-electron chi connectivity index (χ2n) is 4.54. The molecular weight excluding hydrogens is 341 g/mol. The van der Waals surface area contributed by atoms with E-state index in [-0.39, 0.29) is 22.8 Å². The van der Waals surface area contributed by atoms with Gasteiger partial charge in [0.05, 0.1) is 23.8 Å². The van der Waals surface area contributed by atoms with Gasteiger partial charge in [0.2, 0.25) is 0 Å². The molecule has 0 spiro atoms. The number of pyridine rings is 1. The number of hydrogen-bond donors (Lipinski definition) is 0. The number of alkyl halides is 3. The number of hydrogen-bond acceptors (Lipinski definition) is 5. The monoisotopic (exact) mass is 352 g/mol. The molecule has 0 fully saturated rings. The predicted molar refractivity (Wildman–Crippen MR) is 80.5 cm³/mol. The van der Waals surface area contributed by atoms with Gasteiger partial charge in [0.1, 0.15) is 10.7 Å². The Morgan fingerprint density at radius 3 is 2.71 bits per heavy atom. The number of benzene rings is 1. The summed E-state index contributed by atoms with van der Waals surface area (Å²) >= 11 is 0.927. The fraction of sp³-hybridized carbons (Fsp3) is 0.188. The molecule has 124 valence electrons. The minimum atomic E-state index is -4.64. The normalized spacial score (nSPS) is 11.0. The summed E-state index contributed by atoms with van der Waals surface area (Å²) in [6.45, 7) is 1.89. The van der Waals surface area contributed by atoms with E-state index in [1.807, 2.05) is 0 Å². The van der Waals surface area contributed by atoms with Crippen LogP contribution in [0.3, 0.4) is 0 Å². The van der Waals surface area contributed by atoms with Crippen LogP contribution in [0.5, 0.6) is 0 Å². The molecule has 0 N–H and O–H groups in total. The maximum atomic E-state index is 12.8. The van der Waals surface area contributed by atoms with Crippen molar-refractivity contribution in [3.8, 4) is 6.07 Å². The molecule has 0 saturated heterocycles. The third kappa shape index (κ3) is 4.49. The Bertz CT molecular complexity index is 801. The lowest BCUT2D eigenvalue weighted by Crippen LogP contribution is -2.09. The molecule has 4 nitrogen and oxygen atoms in total. The fourth-order valence-electron chi connectivity index (χ4n) is 1.79. The number of esters is 1. The third-order valence-electron chi connectivity index (χ3n) is 2.79. The number of carbonyl (C=O) groups excluding carboxylic acids is 1. The molecule has 0 unspecified atom stereocenters. The molecule has 1 heterocycles. The molecule has 0 radical (unpaired) electrons. The van der Waals surface area contributed by atoms with Gasteiger partial charge in [-0.05, 0) is 37.3 Å². The molecule has 0 aliphatic carbocycles. The van der Waals surface area contributed by atoms with Crippen LogP contribution in [-0.4, -0.2) is 17.6 Å². The second-order valence-corrected chi connectivity index (χ2v) is 5.63. The van der Waals surface area contributed by atoms with Crippen molar-refractivity contribution < 1.29 is 22.7 Å². The van der Waals surface area contributed by atoms with Crippen LogP contribution in [0.2, 0.25) is 0 Å². The van der Waals surface area contributed by atoms with E-state index in [0.29, 0.717) is 11.0 Å². The van der Waals surface area contributed by atoms with Crippen LogP contribution in [0, 0.1) is 11.3 Å².